The molecule has 1 unspecified atom stereocenters. The summed E-state index contributed by atoms with van der Waals surface area (Å²) in [5, 5.41) is 6.23. The molecule has 0 bridgehead atoms. The molecule has 6 heteroatoms. The molecule has 0 radical (unpaired) electrons. The Labute approximate surface area is 178 Å². The van der Waals surface area contributed by atoms with Gasteiger partial charge in [0.2, 0.25) is 5.91 Å². The standard InChI is InChI=1S/C24H29N3O3/c1-16-6-9-19(10-7-16)22-13-21(20-11-8-17(2)18(3)12-20)25-27(22)23(28)14-26(4)24(29)15-30-5/h6-12,22H,13-15H2,1-5H3. The average molecular weight is 408 g/mol. The van der Waals surface area contributed by atoms with E-state index in [0.29, 0.717) is 6.42 Å². The van der Waals surface area contributed by atoms with E-state index in [-0.39, 0.29) is 31.0 Å². The molecule has 2 aromatic carbocycles. The molecule has 1 heterocycles. The molecule has 1 atom stereocenters. The Hall–Kier alpha value is -2.99. The first-order chi connectivity index (χ1) is 14.3. The van der Waals surface area contributed by atoms with Gasteiger partial charge in [0.25, 0.3) is 5.91 Å². The van der Waals surface area contributed by atoms with Crippen molar-refractivity contribution in [3.05, 3.63) is 70.3 Å². The first kappa shape index (κ1) is 21.7. The predicted octanol–water partition coefficient (Wildman–Crippen LogP) is 3.39. The molecule has 0 fully saturated rings. The first-order valence-corrected chi connectivity index (χ1v) is 10.1. The quantitative estimate of drug-likeness (QED) is 0.737. The number of methoxy groups -OCH3 is 1. The highest BCUT2D eigenvalue weighted by Crippen LogP contribution is 2.33. The summed E-state index contributed by atoms with van der Waals surface area (Å²) in [5.74, 6) is -0.457. The zero-order chi connectivity index (χ0) is 21.8. The second-order valence-corrected chi connectivity index (χ2v) is 7.90. The Morgan fingerprint density at radius 2 is 1.80 bits per heavy atom. The maximum atomic E-state index is 13.1. The lowest BCUT2D eigenvalue weighted by molar-refractivity contribution is -0.142. The summed E-state index contributed by atoms with van der Waals surface area (Å²) in [4.78, 5) is 26.5. The van der Waals surface area contributed by atoms with Crippen LogP contribution in [-0.2, 0) is 14.3 Å². The minimum Gasteiger partial charge on any atom is -0.375 e. The molecule has 30 heavy (non-hydrogen) atoms. The van der Waals surface area contributed by atoms with Gasteiger partial charge in [-0.1, -0.05) is 42.0 Å². The van der Waals surface area contributed by atoms with Gasteiger partial charge in [-0.25, -0.2) is 5.01 Å². The van der Waals surface area contributed by atoms with Crippen LogP contribution in [0.5, 0.6) is 0 Å². The van der Waals surface area contributed by atoms with Crippen LogP contribution in [0.15, 0.2) is 47.6 Å². The molecule has 6 nitrogen and oxygen atoms in total. The monoisotopic (exact) mass is 407 g/mol. The van der Waals surface area contributed by atoms with E-state index in [4.69, 9.17) is 9.84 Å². The van der Waals surface area contributed by atoms with Gasteiger partial charge in [-0.3, -0.25) is 9.59 Å². The van der Waals surface area contributed by atoms with Crippen LogP contribution in [0, 0.1) is 20.8 Å². The van der Waals surface area contributed by atoms with Crippen LogP contribution < -0.4 is 0 Å². The largest absolute Gasteiger partial charge is 0.375 e. The summed E-state index contributed by atoms with van der Waals surface area (Å²) in [6.45, 7) is 6.09. The van der Waals surface area contributed by atoms with E-state index in [2.05, 4.69) is 32.0 Å². The smallest absolute Gasteiger partial charge is 0.262 e. The Morgan fingerprint density at radius 1 is 1.10 bits per heavy atom. The number of carbonyl (C=O) groups is 2. The van der Waals surface area contributed by atoms with E-state index in [1.165, 1.54) is 28.1 Å². The third kappa shape index (κ3) is 4.76. The van der Waals surface area contributed by atoms with E-state index >= 15 is 0 Å². The van der Waals surface area contributed by atoms with Crippen LogP contribution in [0.2, 0.25) is 0 Å². The highest BCUT2D eigenvalue weighted by Gasteiger charge is 2.33. The fraction of sp³-hybridized carbons (Fsp3) is 0.375. The molecule has 1 aliphatic heterocycles. The second-order valence-electron chi connectivity index (χ2n) is 7.90. The van der Waals surface area contributed by atoms with Crippen LogP contribution in [-0.4, -0.2) is 54.7 Å². The van der Waals surface area contributed by atoms with Gasteiger partial charge < -0.3 is 9.64 Å². The van der Waals surface area contributed by atoms with Gasteiger partial charge in [0.15, 0.2) is 0 Å². The molecule has 0 saturated heterocycles. The molecule has 0 saturated carbocycles. The molecule has 0 aromatic heterocycles. The van der Waals surface area contributed by atoms with Crippen LogP contribution in [0.25, 0.3) is 0 Å². The lowest BCUT2D eigenvalue weighted by atomic mass is 9.96. The topological polar surface area (TPSA) is 62.2 Å². The van der Waals surface area contributed by atoms with E-state index < -0.39 is 0 Å². The molecule has 158 valence electrons. The van der Waals surface area contributed by atoms with E-state index in [0.717, 1.165) is 22.4 Å². The predicted molar refractivity (Wildman–Crippen MR) is 117 cm³/mol. The van der Waals surface area contributed by atoms with E-state index in [1.807, 2.05) is 31.2 Å². The van der Waals surface area contributed by atoms with E-state index in [1.54, 1.807) is 7.05 Å². The molecule has 2 aromatic rings. The number of hydrogen-bond donors (Lipinski definition) is 0. The van der Waals surface area contributed by atoms with Crippen molar-refractivity contribution in [2.75, 3.05) is 27.3 Å². The van der Waals surface area contributed by atoms with Crippen LogP contribution in [0.1, 0.15) is 40.3 Å². The number of ether oxygens (including phenoxy) is 1. The van der Waals surface area contributed by atoms with Crippen LogP contribution in [0.4, 0.5) is 0 Å². The molecule has 0 N–H and O–H groups in total. The van der Waals surface area contributed by atoms with Crippen LogP contribution in [0.3, 0.4) is 0 Å². The number of carbonyl (C=O) groups excluding carboxylic acids is 2. The lowest BCUT2D eigenvalue weighted by Crippen LogP contribution is -2.40. The van der Waals surface area contributed by atoms with Crippen molar-refractivity contribution in [2.24, 2.45) is 5.10 Å². The highest BCUT2D eigenvalue weighted by atomic mass is 16.5. The average Bonchev–Trinajstić information content (AvgIpc) is 3.16. The van der Waals surface area contributed by atoms with Gasteiger partial charge in [-0.05, 0) is 49.1 Å². The maximum absolute atomic E-state index is 13.1. The number of rotatable bonds is 6. The van der Waals surface area contributed by atoms with Crippen molar-refractivity contribution in [1.82, 2.24) is 9.91 Å². The highest BCUT2D eigenvalue weighted by molar-refractivity contribution is 6.03. The first-order valence-electron chi connectivity index (χ1n) is 10.1. The molecule has 0 aliphatic carbocycles. The number of benzene rings is 2. The SMILES string of the molecule is COCC(=O)N(C)CC(=O)N1N=C(c2ccc(C)c(C)c2)CC1c1ccc(C)cc1. The van der Waals surface area contributed by atoms with E-state index in [9.17, 15) is 9.59 Å². The zero-order valence-corrected chi connectivity index (χ0v) is 18.3. The van der Waals surface area contributed by atoms with Crippen molar-refractivity contribution in [1.29, 1.82) is 0 Å². The summed E-state index contributed by atoms with van der Waals surface area (Å²) in [6.07, 6.45) is 0.632. The number of aryl methyl sites for hydroxylation is 3. The Bertz CT molecular complexity index is 966. The third-order valence-corrected chi connectivity index (χ3v) is 5.53. The second kappa shape index (κ2) is 9.22. The molecular weight excluding hydrogens is 378 g/mol. The van der Waals surface area contributed by atoms with Gasteiger partial charge in [-0.15, -0.1) is 0 Å². The van der Waals surface area contributed by atoms with Crippen molar-refractivity contribution in [3.8, 4) is 0 Å². The third-order valence-electron chi connectivity index (χ3n) is 5.53. The van der Waals surface area contributed by atoms with Gasteiger partial charge >= 0.3 is 0 Å². The fourth-order valence-corrected chi connectivity index (χ4v) is 3.48. The lowest BCUT2D eigenvalue weighted by Gasteiger charge is -2.25. The number of likely N-dealkylation sites (N-methyl/N-ethyl adjacent to an activating group) is 1. The molecule has 0 spiro atoms. The molecule has 1 aliphatic rings. The van der Waals surface area contributed by atoms with Crippen molar-refractivity contribution in [3.63, 3.8) is 0 Å². The summed E-state index contributed by atoms with van der Waals surface area (Å²) >= 11 is 0. The zero-order valence-electron chi connectivity index (χ0n) is 18.3. The van der Waals surface area contributed by atoms with Gasteiger partial charge in [0, 0.05) is 20.6 Å². The van der Waals surface area contributed by atoms with Gasteiger partial charge in [0.05, 0.1) is 11.8 Å². The van der Waals surface area contributed by atoms with Crippen LogP contribution >= 0.6 is 0 Å². The minimum absolute atomic E-state index is 0.0474. The minimum atomic E-state index is -0.240. The number of hydrazone groups is 1. The van der Waals surface area contributed by atoms with Crippen molar-refractivity contribution < 1.29 is 14.3 Å². The normalized spacial score (nSPS) is 15.8. The fourth-order valence-electron chi connectivity index (χ4n) is 3.48. The molecule has 3 rings (SSSR count). The Morgan fingerprint density at radius 3 is 2.43 bits per heavy atom. The Balaban J connectivity index is 1.90. The van der Waals surface area contributed by atoms with Gasteiger partial charge in [0.1, 0.15) is 13.2 Å². The number of amides is 2. The summed E-state index contributed by atoms with van der Waals surface area (Å²) in [7, 11) is 3.06. The Kier molecular flexibility index (Phi) is 6.67. The summed E-state index contributed by atoms with van der Waals surface area (Å²) in [5.41, 5.74) is 6.50. The maximum Gasteiger partial charge on any atom is 0.262 e. The molecular formula is C24H29N3O3. The van der Waals surface area contributed by atoms with Crippen molar-refractivity contribution in [2.45, 2.75) is 33.2 Å². The summed E-state index contributed by atoms with van der Waals surface area (Å²) < 4.78 is 4.89. The number of hydrogen-bond acceptors (Lipinski definition) is 4. The van der Waals surface area contributed by atoms with Gasteiger partial charge in [-0.2, -0.15) is 5.10 Å². The number of nitrogens with zero attached hydrogens (tertiary/aromatic N) is 3. The van der Waals surface area contributed by atoms with Crippen molar-refractivity contribution >= 4 is 17.5 Å². The summed E-state index contributed by atoms with van der Waals surface area (Å²) in [6, 6.07) is 14.2. The molecule has 2 amide bonds.